The molecule has 0 bridgehead atoms. The summed E-state index contributed by atoms with van der Waals surface area (Å²) in [5.74, 6) is 1.80. The van der Waals surface area contributed by atoms with Crippen molar-refractivity contribution in [1.29, 1.82) is 0 Å². The van der Waals surface area contributed by atoms with Gasteiger partial charge in [-0.05, 0) is 42.5 Å². The van der Waals surface area contributed by atoms with Gasteiger partial charge in [0.05, 0.1) is 10.6 Å². The number of aryl methyl sites for hydroxylation is 1. The number of nitrogens with zero attached hydrogens (tertiary/aromatic N) is 4. The SMILES string of the molecule is Cc1cccc(Nc2nnc(SCc3noc(-c4cccs4)n3)s2)c1C. The van der Waals surface area contributed by atoms with E-state index in [0.717, 1.165) is 20.0 Å². The Kier molecular flexibility index (Phi) is 5.00. The van der Waals surface area contributed by atoms with E-state index in [4.69, 9.17) is 4.52 Å². The molecule has 4 rings (SSSR count). The quantitative estimate of drug-likeness (QED) is 0.439. The maximum Gasteiger partial charge on any atom is 0.268 e. The van der Waals surface area contributed by atoms with Crippen LogP contribution in [-0.4, -0.2) is 20.3 Å². The second kappa shape index (κ2) is 7.56. The molecule has 9 heteroatoms. The third-order valence-corrected chi connectivity index (χ3v) is 6.60. The van der Waals surface area contributed by atoms with Crippen molar-refractivity contribution in [2.24, 2.45) is 0 Å². The third-order valence-electron chi connectivity index (χ3n) is 3.78. The van der Waals surface area contributed by atoms with Crippen molar-refractivity contribution in [2.45, 2.75) is 23.9 Å². The first-order valence-electron chi connectivity index (χ1n) is 7.85. The van der Waals surface area contributed by atoms with Gasteiger partial charge < -0.3 is 9.84 Å². The molecule has 132 valence electrons. The minimum Gasteiger partial charge on any atom is -0.333 e. The Morgan fingerprint density at radius 3 is 2.92 bits per heavy atom. The first kappa shape index (κ1) is 17.2. The van der Waals surface area contributed by atoms with Crippen LogP contribution in [0.4, 0.5) is 10.8 Å². The van der Waals surface area contributed by atoms with Gasteiger partial charge in [0.1, 0.15) is 0 Å². The summed E-state index contributed by atoms with van der Waals surface area (Å²) in [6.07, 6.45) is 0. The lowest BCUT2D eigenvalue weighted by molar-refractivity contribution is 0.426. The van der Waals surface area contributed by atoms with Crippen molar-refractivity contribution in [1.82, 2.24) is 20.3 Å². The molecule has 4 aromatic rings. The summed E-state index contributed by atoms with van der Waals surface area (Å²) >= 11 is 4.64. The van der Waals surface area contributed by atoms with E-state index < -0.39 is 0 Å². The van der Waals surface area contributed by atoms with Crippen molar-refractivity contribution >= 4 is 45.3 Å². The van der Waals surface area contributed by atoms with E-state index in [1.807, 2.05) is 29.6 Å². The van der Waals surface area contributed by atoms with Gasteiger partial charge in [0.2, 0.25) is 5.13 Å². The number of thioether (sulfide) groups is 1. The highest BCUT2D eigenvalue weighted by atomic mass is 32.2. The van der Waals surface area contributed by atoms with Gasteiger partial charge in [0, 0.05) is 5.69 Å². The minimum absolute atomic E-state index is 0.560. The lowest BCUT2D eigenvalue weighted by Gasteiger charge is -2.08. The van der Waals surface area contributed by atoms with Crippen LogP contribution in [0.2, 0.25) is 0 Å². The molecule has 0 spiro atoms. The molecule has 0 radical (unpaired) electrons. The largest absolute Gasteiger partial charge is 0.333 e. The summed E-state index contributed by atoms with van der Waals surface area (Å²) < 4.78 is 6.16. The van der Waals surface area contributed by atoms with Crippen LogP contribution in [0, 0.1) is 13.8 Å². The molecule has 0 amide bonds. The van der Waals surface area contributed by atoms with Gasteiger partial charge >= 0.3 is 0 Å². The number of benzene rings is 1. The van der Waals surface area contributed by atoms with Crippen LogP contribution < -0.4 is 5.32 Å². The van der Waals surface area contributed by atoms with Gasteiger partial charge in [0.15, 0.2) is 10.2 Å². The number of hydrogen-bond donors (Lipinski definition) is 1. The zero-order valence-corrected chi connectivity index (χ0v) is 16.5. The van der Waals surface area contributed by atoms with Crippen LogP contribution in [-0.2, 0) is 5.75 Å². The van der Waals surface area contributed by atoms with Gasteiger partial charge in [0.25, 0.3) is 5.89 Å². The molecule has 0 fully saturated rings. The van der Waals surface area contributed by atoms with E-state index >= 15 is 0 Å². The summed E-state index contributed by atoms with van der Waals surface area (Å²) in [6.45, 7) is 4.19. The number of hydrogen-bond acceptors (Lipinski definition) is 9. The molecule has 0 saturated carbocycles. The lowest BCUT2D eigenvalue weighted by atomic mass is 10.1. The smallest absolute Gasteiger partial charge is 0.268 e. The van der Waals surface area contributed by atoms with Gasteiger partial charge in [-0.15, -0.1) is 21.5 Å². The van der Waals surface area contributed by atoms with Crippen molar-refractivity contribution in [2.75, 3.05) is 5.32 Å². The fourth-order valence-electron chi connectivity index (χ4n) is 2.26. The molecule has 0 aliphatic heterocycles. The Balaban J connectivity index is 1.39. The monoisotopic (exact) mass is 401 g/mol. The van der Waals surface area contributed by atoms with E-state index in [0.29, 0.717) is 17.5 Å². The summed E-state index contributed by atoms with van der Waals surface area (Å²) in [6, 6.07) is 10.1. The van der Waals surface area contributed by atoms with Crippen molar-refractivity contribution < 1.29 is 4.52 Å². The third kappa shape index (κ3) is 3.79. The van der Waals surface area contributed by atoms with Crippen LogP contribution >= 0.6 is 34.4 Å². The molecule has 0 aliphatic rings. The molecule has 26 heavy (non-hydrogen) atoms. The Morgan fingerprint density at radius 2 is 2.08 bits per heavy atom. The first-order chi connectivity index (χ1) is 12.7. The number of aromatic nitrogens is 4. The predicted octanol–water partition coefficient (Wildman–Crippen LogP) is 5.30. The zero-order valence-electron chi connectivity index (χ0n) is 14.1. The molecular formula is C17H15N5OS3. The van der Waals surface area contributed by atoms with E-state index in [9.17, 15) is 0 Å². The molecule has 3 aromatic heterocycles. The molecule has 0 saturated heterocycles. The van der Waals surface area contributed by atoms with Crippen molar-refractivity contribution in [3.05, 3.63) is 52.7 Å². The Hall–Kier alpha value is -2.23. The number of anilines is 2. The highest BCUT2D eigenvalue weighted by Gasteiger charge is 2.12. The highest BCUT2D eigenvalue weighted by Crippen LogP contribution is 2.31. The zero-order chi connectivity index (χ0) is 17.9. The average Bonchev–Trinajstić information content (AvgIpc) is 3.38. The van der Waals surface area contributed by atoms with E-state index in [-0.39, 0.29) is 0 Å². The second-order valence-electron chi connectivity index (χ2n) is 5.53. The van der Waals surface area contributed by atoms with Gasteiger partial charge in [-0.2, -0.15) is 4.98 Å². The summed E-state index contributed by atoms with van der Waals surface area (Å²) in [4.78, 5) is 5.39. The minimum atomic E-state index is 0.560. The standard InChI is InChI=1S/C17H15N5OS3/c1-10-5-3-6-12(11(10)2)18-16-20-21-17(26-16)25-9-14-19-15(23-22-14)13-7-4-8-24-13/h3-8H,9H2,1-2H3,(H,18,20). The summed E-state index contributed by atoms with van der Waals surface area (Å²) in [5, 5.41) is 18.6. The fourth-order valence-corrected chi connectivity index (χ4v) is 4.51. The Labute approximate surface area is 162 Å². The van der Waals surface area contributed by atoms with Crippen LogP contribution in [0.25, 0.3) is 10.8 Å². The predicted molar refractivity (Wildman–Crippen MR) is 106 cm³/mol. The van der Waals surface area contributed by atoms with Crippen molar-refractivity contribution in [3.8, 4) is 10.8 Å². The molecule has 3 heterocycles. The highest BCUT2D eigenvalue weighted by molar-refractivity contribution is 8.00. The number of rotatable bonds is 6. The summed E-state index contributed by atoms with van der Waals surface area (Å²) in [7, 11) is 0. The maximum absolute atomic E-state index is 5.30. The fraction of sp³-hybridized carbons (Fsp3) is 0.176. The van der Waals surface area contributed by atoms with E-state index in [1.54, 1.807) is 23.1 Å². The van der Waals surface area contributed by atoms with E-state index in [1.165, 1.54) is 22.5 Å². The molecule has 6 nitrogen and oxygen atoms in total. The molecule has 1 aromatic carbocycles. The van der Waals surface area contributed by atoms with Gasteiger partial charge in [-0.3, -0.25) is 0 Å². The van der Waals surface area contributed by atoms with E-state index in [2.05, 4.69) is 45.6 Å². The lowest BCUT2D eigenvalue weighted by Crippen LogP contribution is -1.94. The van der Waals surface area contributed by atoms with Crippen LogP contribution in [0.5, 0.6) is 0 Å². The number of thiophene rings is 1. The molecule has 0 atom stereocenters. The summed E-state index contributed by atoms with van der Waals surface area (Å²) in [5.41, 5.74) is 3.51. The first-order valence-corrected chi connectivity index (χ1v) is 10.5. The normalized spacial score (nSPS) is 11.0. The number of nitrogens with one attached hydrogen (secondary N) is 1. The van der Waals surface area contributed by atoms with Gasteiger partial charge in [-0.25, -0.2) is 0 Å². The molecule has 0 aliphatic carbocycles. The molecule has 1 N–H and O–H groups in total. The molecule has 0 unspecified atom stereocenters. The average molecular weight is 402 g/mol. The molecular weight excluding hydrogens is 386 g/mol. The van der Waals surface area contributed by atoms with Gasteiger partial charge in [-0.1, -0.05) is 46.5 Å². The Morgan fingerprint density at radius 1 is 1.15 bits per heavy atom. The van der Waals surface area contributed by atoms with Crippen LogP contribution in [0.3, 0.4) is 0 Å². The Bertz CT molecular complexity index is 1010. The van der Waals surface area contributed by atoms with Crippen LogP contribution in [0.1, 0.15) is 17.0 Å². The van der Waals surface area contributed by atoms with Crippen LogP contribution in [0.15, 0.2) is 44.6 Å². The topological polar surface area (TPSA) is 76.7 Å². The van der Waals surface area contributed by atoms with Crippen molar-refractivity contribution in [3.63, 3.8) is 0 Å². The maximum atomic E-state index is 5.30. The second-order valence-corrected chi connectivity index (χ2v) is 8.68.